The van der Waals surface area contributed by atoms with E-state index in [1.807, 2.05) is 18.2 Å². The van der Waals surface area contributed by atoms with Crippen molar-refractivity contribution in [3.05, 3.63) is 89.0 Å². The minimum Gasteiger partial charge on any atom is -0.481 e. The predicted octanol–water partition coefficient (Wildman–Crippen LogP) is 3.78. The van der Waals surface area contributed by atoms with E-state index in [0.29, 0.717) is 27.9 Å². The van der Waals surface area contributed by atoms with Crippen LogP contribution in [0, 0.1) is 0 Å². The summed E-state index contributed by atoms with van der Waals surface area (Å²) < 4.78 is 0. The van der Waals surface area contributed by atoms with E-state index in [0.717, 1.165) is 11.1 Å². The summed E-state index contributed by atoms with van der Waals surface area (Å²) in [6.45, 7) is 0. The fraction of sp³-hybridized carbons (Fsp3) is 0.0455. The first kappa shape index (κ1) is 16.7. The number of benzene rings is 3. The summed E-state index contributed by atoms with van der Waals surface area (Å²) in [5.74, 6) is -1.51. The number of nitrogens with one attached hydrogen (secondary N) is 1. The van der Waals surface area contributed by atoms with Crippen molar-refractivity contribution in [1.82, 2.24) is 0 Å². The number of fused-ring (bicyclic) bond motifs is 3. The highest BCUT2D eigenvalue weighted by Gasteiger charge is 2.30. The normalized spacial score (nSPS) is 11.6. The van der Waals surface area contributed by atoms with Crippen LogP contribution >= 0.6 is 0 Å². The summed E-state index contributed by atoms with van der Waals surface area (Å²) in [4.78, 5) is 36.5. The molecular weight excluding hydrogens is 342 g/mol. The van der Waals surface area contributed by atoms with E-state index in [4.69, 9.17) is 5.11 Å². The molecule has 2 N–H and O–H groups in total. The molecule has 1 amide bonds. The van der Waals surface area contributed by atoms with Gasteiger partial charge in [-0.25, -0.2) is 0 Å². The zero-order valence-electron chi connectivity index (χ0n) is 14.2. The second-order valence-electron chi connectivity index (χ2n) is 6.33. The van der Waals surface area contributed by atoms with E-state index >= 15 is 0 Å². The zero-order chi connectivity index (χ0) is 19.0. The molecule has 4 rings (SSSR count). The number of rotatable bonds is 4. The molecule has 0 aromatic heterocycles. The molecule has 1 aliphatic carbocycles. The lowest BCUT2D eigenvalue weighted by Gasteiger charge is -2.10. The lowest BCUT2D eigenvalue weighted by molar-refractivity contribution is -0.136. The quantitative estimate of drug-likeness (QED) is 0.582. The summed E-state index contributed by atoms with van der Waals surface area (Å²) in [7, 11) is 0. The molecule has 0 saturated heterocycles. The van der Waals surface area contributed by atoms with Gasteiger partial charge < -0.3 is 10.4 Å². The molecule has 27 heavy (non-hydrogen) atoms. The molecule has 1 aliphatic rings. The summed E-state index contributed by atoms with van der Waals surface area (Å²) in [5, 5.41) is 11.7. The molecule has 0 heterocycles. The average molecular weight is 357 g/mol. The van der Waals surface area contributed by atoms with Crippen LogP contribution in [0.15, 0.2) is 66.7 Å². The Morgan fingerprint density at radius 3 is 2.33 bits per heavy atom. The minimum atomic E-state index is -0.942. The summed E-state index contributed by atoms with van der Waals surface area (Å²) in [6, 6.07) is 19.2. The van der Waals surface area contributed by atoms with Gasteiger partial charge in [0.1, 0.15) is 0 Å². The Labute approximate surface area is 155 Å². The van der Waals surface area contributed by atoms with Gasteiger partial charge in [-0.2, -0.15) is 0 Å². The van der Waals surface area contributed by atoms with Crippen LogP contribution in [0.5, 0.6) is 0 Å². The number of aliphatic carboxylic acids is 1. The van der Waals surface area contributed by atoms with Crippen LogP contribution in [-0.4, -0.2) is 22.8 Å². The number of amides is 1. The van der Waals surface area contributed by atoms with E-state index in [1.165, 1.54) is 0 Å². The summed E-state index contributed by atoms with van der Waals surface area (Å²) >= 11 is 0. The molecule has 5 heteroatoms. The SMILES string of the molecule is O=C(O)Cc1cccc(NC(=O)c2cccc3c2C(=O)c2ccccc2-3)c1. The van der Waals surface area contributed by atoms with Gasteiger partial charge in [-0.3, -0.25) is 14.4 Å². The zero-order valence-corrected chi connectivity index (χ0v) is 14.2. The van der Waals surface area contributed by atoms with Gasteiger partial charge in [-0.15, -0.1) is 0 Å². The van der Waals surface area contributed by atoms with Crippen LogP contribution in [0.4, 0.5) is 5.69 Å². The van der Waals surface area contributed by atoms with E-state index in [9.17, 15) is 14.4 Å². The molecule has 0 aliphatic heterocycles. The van der Waals surface area contributed by atoms with Gasteiger partial charge in [0.25, 0.3) is 5.91 Å². The van der Waals surface area contributed by atoms with Crippen LogP contribution in [0.2, 0.25) is 0 Å². The molecule has 132 valence electrons. The minimum absolute atomic E-state index is 0.127. The molecular formula is C22H15NO4. The number of hydrogen-bond acceptors (Lipinski definition) is 3. The highest BCUT2D eigenvalue weighted by atomic mass is 16.4. The molecule has 0 atom stereocenters. The molecule has 3 aromatic carbocycles. The highest BCUT2D eigenvalue weighted by Crippen LogP contribution is 2.38. The number of carboxylic acids is 1. The number of anilines is 1. The van der Waals surface area contributed by atoms with Crippen molar-refractivity contribution >= 4 is 23.3 Å². The van der Waals surface area contributed by atoms with Crippen LogP contribution in [0.25, 0.3) is 11.1 Å². The molecule has 3 aromatic rings. The predicted molar refractivity (Wildman–Crippen MR) is 101 cm³/mol. The molecule has 0 saturated carbocycles. The number of carbonyl (C=O) groups is 3. The second kappa shape index (κ2) is 6.53. The fourth-order valence-corrected chi connectivity index (χ4v) is 3.39. The highest BCUT2D eigenvalue weighted by molar-refractivity contribution is 6.26. The summed E-state index contributed by atoms with van der Waals surface area (Å²) in [6.07, 6.45) is -0.127. The van der Waals surface area contributed by atoms with Crippen LogP contribution in [0.1, 0.15) is 31.8 Å². The van der Waals surface area contributed by atoms with Crippen LogP contribution < -0.4 is 5.32 Å². The molecule has 0 bridgehead atoms. The topological polar surface area (TPSA) is 83.5 Å². The van der Waals surface area contributed by atoms with Gasteiger partial charge in [-0.1, -0.05) is 48.5 Å². The standard InChI is InChI=1S/C22H15NO4/c24-19(25)12-13-5-3-6-14(11-13)23-22(27)18-10-4-9-16-15-7-1-2-8-17(15)21(26)20(16)18/h1-11H,12H2,(H,23,27)(H,24,25). The van der Waals surface area contributed by atoms with Gasteiger partial charge in [0, 0.05) is 16.8 Å². The largest absolute Gasteiger partial charge is 0.481 e. The van der Waals surface area contributed by atoms with Gasteiger partial charge in [0.05, 0.1) is 12.0 Å². The number of hydrogen-bond donors (Lipinski definition) is 2. The smallest absolute Gasteiger partial charge is 0.307 e. The third kappa shape index (κ3) is 3.00. The Kier molecular flexibility index (Phi) is 4.05. The van der Waals surface area contributed by atoms with Crippen molar-refractivity contribution in [3.63, 3.8) is 0 Å². The molecule has 0 spiro atoms. The van der Waals surface area contributed by atoms with Gasteiger partial charge >= 0.3 is 5.97 Å². The van der Waals surface area contributed by atoms with E-state index in [-0.39, 0.29) is 12.2 Å². The van der Waals surface area contributed by atoms with Gasteiger partial charge in [0.15, 0.2) is 5.78 Å². The number of carbonyl (C=O) groups excluding carboxylic acids is 2. The third-order valence-electron chi connectivity index (χ3n) is 4.54. The second-order valence-corrected chi connectivity index (χ2v) is 6.33. The Morgan fingerprint density at radius 1 is 0.852 bits per heavy atom. The third-order valence-corrected chi connectivity index (χ3v) is 4.54. The fourth-order valence-electron chi connectivity index (χ4n) is 3.39. The van der Waals surface area contributed by atoms with Crippen molar-refractivity contribution in [3.8, 4) is 11.1 Å². The Hall–Kier alpha value is -3.73. The molecule has 0 unspecified atom stereocenters. The first-order chi connectivity index (χ1) is 13.0. The lowest BCUT2D eigenvalue weighted by atomic mass is 10.00. The molecule has 0 fully saturated rings. The number of carboxylic acid groups (broad SMARTS) is 1. The van der Waals surface area contributed by atoms with E-state index < -0.39 is 11.9 Å². The van der Waals surface area contributed by atoms with Gasteiger partial charge in [0.2, 0.25) is 0 Å². The van der Waals surface area contributed by atoms with Crippen molar-refractivity contribution in [1.29, 1.82) is 0 Å². The molecule has 5 nitrogen and oxygen atoms in total. The van der Waals surface area contributed by atoms with Crippen molar-refractivity contribution in [2.24, 2.45) is 0 Å². The van der Waals surface area contributed by atoms with Crippen molar-refractivity contribution in [2.75, 3.05) is 5.32 Å². The van der Waals surface area contributed by atoms with Crippen LogP contribution in [0.3, 0.4) is 0 Å². The van der Waals surface area contributed by atoms with Crippen molar-refractivity contribution < 1.29 is 19.5 Å². The van der Waals surface area contributed by atoms with Gasteiger partial charge in [-0.05, 0) is 34.9 Å². The maximum Gasteiger partial charge on any atom is 0.307 e. The summed E-state index contributed by atoms with van der Waals surface area (Å²) in [5.41, 5.74) is 3.95. The monoisotopic (exact) mass is 357 g/mol. The van der Waals surface area contributed by atoms with Crippen LogP contribution in [-0.2, 0) is 11.2 Å². The maximum atomic E-state index is 12.8. The molecule has 0 radical (unpaired) electrons. The van der Waals surface area contributed by atoms with E-state index in [2.05, 4.69) is 5.32 Å². The first-order valence-electron chi connectivity index (χ1n) is 8.44. The Bertz CT molecular complexity index is 1100. The first-order valence-corrected chi connectivity index (χ1v) is 8.44. The van der Waals surface area contributed by atoms with Crippen molar-refractivity contribution in [2.45, 2.75) is 6.42 Å². The number of ketones is 1. The van der Waals surface area contributed by atoms with E-state index in [1.54, 1.807) is 48.5 Å². The Balaban J connectivity index is 1.67. The maximum absolute atomic E-state index is 12.8. The lowest BCUT2D eigenvalue weighted by Crippen LogP contribution is -2.16. The average Bonchev–Trinajstić information content (AvgIpc) is 2.95. The Morgan fingerprint density at radius 2 is 1.56 bits per heavy atom.